The zero-order valence-electron chi connectivity index (χ0n) is 11.3. The predicted molar refractivity (Wildman–Crippen MR) is 79.8 cm³/mol. The molecule has 0 bridgehead atoms. The summed E-state index contributed by atoms with van der Waals surface area (Å²) in [6, 6.07) is 10.5. The van der Waals surface area contributed by atoms with E-state index in [1.54, 1.807) is 6.07 Å². The summed E-state index contributed by atoms with van der Waals surface area (Å²) < 4.78 is 13.2. The molecule has 0 spiro atoms. The van der Waals surface area contributed by atoms with E-state index in [9.17, 15) is 14.5 Å². The van der Waals surface area contributed by atoms with Crippen molar-refractivity contribution in [1.29, 1.82) is 0 Å². The van der Waals surface area contributed by atoms with Gasteiger partial charge in [0, 0.05) is 29.7 Å². The molecule has 0 aliphatic heterocycles. The molecule has 6 heteroatoms. The smallest absolute Gasteiger partial charge is 0.269 e. The molecule has 2 aromatic carbocycles. The number of nitro benzene ring substituents is 1. The number of nitrogens with one attached hydrogen (secondary N) is 1. The van der Waals surface area contributed by atoms with Gasteiger partial charge < -0.3 is 5.32 Å². The Kier molecular flexibility index (Phi) is 4.88. The van der Waals surface area contributed by atoms with E-state index in [1.807, 2.05) is 13.0 Å². The molecule has 0 heterocycles. The van der Waals surface area contributed by atoms with E-state index in [-0.39, 0.29) is 17.5 Å². The van der Waals surface area contributed by atoms with Crippen molar-refractivity contribution in [3.63, 3.8) is 0 Å². The first-order valence-corrected chi connectivity index (χ1v) is 6.77. The molecule has 0 amide bonds. The van der Waals surface area contributed by atoms with Crippen LogP contribution in [-0.2, 0) is 6.54 Å². The Morgan fingerprint density at radius 3 is 2.76 bits per heavy atom. The molecule has 110 valence electrons. The normalized spacial score (nSPS) is 12.1. The van der Waals surface area contributed by atoms with Gasteiger partial charge in [-0.25, -0.2) is 4.39 Å². The average molecular weight is 309 g/mol. The van der Waals surface area contributed by atoms with Crippen molar-refractivity contribution in [2.75, 3.05) is 0 Å². The van der Waals surface area contributed by atoms with Crippen molar-refractivity contribution in [3.05, 3.63) is 74.5 Å². The summed E-state index contributed by atoms with van der Waals surface area (Å²) in [5, 5.41) is 14.4. The Hall–Kier alpha value is -1.98. The predicted octanol–water partition coefficient (Wildman–Crippen LogP) is 4.24. The van der Waals surface area contributed by atoms with Gasteiger partial charge in [0.15, 0.2) is 0 Å². The fourth-order valence-corrected chi connectivity index (χ4v) is 2.15. The number of nitrogens with zero attached hydrogens (tertiary/aromatic N) is 1. The maximum Gasteiger partial charge on any atom is 0.269 e. The summed E-state index contributed by atoms with van der Waals surface area (Å²) in [4.78, 5) is 10.3. The molecule has 0 radical (unpaired) electrons. The molecule has 0 saturated heterocycles. The van der Waals surface area contributed by atoms with Gasteiger partial charge in [0.1, 0.15) is 5.82 Å². The monoisotopic (exact) mass is 308 g/mol. The summed E-state index contributed by atoms with van der Waals surface area (Å²) in [5.74, 6) is -0.297. The zero-order valence-corrected chi connectivity index (χ0v) is 12.1. The highest BCUT2D eigenvalue weighted by Gasteiger charge is 2.11. The Balaban J connectivity index is 2.09. The Labute approximate surface area is 126 Å². The third kappa shape index (κ3) is 4.00. The molecule has 1 atom stereocenters. The minimum Gasteiger partial charge on any atom is -0.306 e. The number of nitro groups is 1. The summed E-state index contributed by atoms with van der Waals surface area (Å²) >= 11 is 6.03. The first kappa shape index (κ1) is 15.4. The van der Waals surface area contributed by atoms with Crippen molar-refractivity contribution in [2.45, 2.75) is 19.5 Å². The number of hydrogen-bond donors (Lipinski definition) is 1. The van der Waals surface area contributed by atoms with Crippen molar-refractivity contribution in [2.24, 2.45) is 0 Å². The van der Waals surface area contributed by atoms with Crippen molar-refractivity contribution < 1.29 is 9.31 Å². The molecule has 2 aromatic rings. The molecule has 0 aliphatic carbocycles. The lowest BCUT2D eigenvalue weighted by Gasteiger charge is -2.15. The summed E-state index contributed by atoms with van der Waals surface area (Å²) in [5.41, 5.74) is 1.43. The molecule has 21 heavy (non-hydrogen) atoms. The standard InChI is InChI=1S/C15H14ClFN2O2/c1-10(11-3-2-4-13(17)7-11)18-9-12-8-14(19(20)21)5-6-15(12)16/h2-8,10,18H,9H2,1H3/t10-/m0/s1. The molecule has 0 unspecified atom stereocenters. The summed E-state index contributed by atoms with van der Waals surface area (Å²) in [7, 11) is 0. The second-order valence-electron chi connectivity index (χ2n) is 4.69. The molecule has 0 aliphatic rings. The van der Waals surface area contributed by atoms with Crippen LogP contribution in [0.5, 0.6) is 0 Å². The molecular formula is C15H14ClFN2O2. The van der Waals surface area contributed by atoms with Crippen LogP contribution in [0.1, 0.15) is 24.1 Å². The average Bonchev–Trinajstić information content (AvgIpc) is 2.45. The van der Waals surface area contributed by atoms with Crippen LogP contribution in [0.2, 0.25) is 5.02 Å². The highest BCUT2D eigenvalue weighted by atomic mass is 35.5. The third-order valence-electron chi connectivity index (χ3n) is 3.19. The number of rotatable bonds is 5. The lowest BCUT2D eigenvalue weighted by Crippen LogP contribution is -2.18. The molecule has 1 N–H and O–H groups in total. The highest BCUT2D eigenvalue weighted by molar-refractivity contribution is 6.31. The van der Waals surface area contributed by atoms with Gasteiger partial charge in [0.2, 0.25) is 0 Å². The van der Waals surface area contributed by atoms with E-state index in [4.69, 9.17) is 11.6 Å². The summed E-state index contributed by atoms with van der Waals surface area (Å²) in [6.45, 7) is 2.25. The minimum absolute atomic E-state index is 0.00499. The lowest BCUT2D eigenvalue weighted by molar-refractivity contribution is -0.384. The summed E-state index contributed by atoms with van der Waals surface area (Å²) in [6.07, 6.45) is 0. The molecule has 0 fully saturated rings. The van der Waals surface area contributed by atoms with Crippen molar-refractivity contribution in [1.82, 2.24) is 5.32 Å². The van der Waals surface area contributed by atoms with Crippen molar-refractivity contribution >= 4 is 17.3 Å². The van der Waals surface area contributed by atoms with E-state index >= 15 is 0 Å². The van der Waals surface area contributed by atoms with E-state index in [2.05, 4.69) is 5.32 Å². The minimum atomic E-state index is -0.462. The van der Waals surface area contributed by atoms with E-state index in [1.165, 1.54) is 30.3 Å². The zero-order chi connectivity index (χ0) is 15.4. The first-order valence-electron chi connectivity index (χ1n) is 6.39. The molecule has 4 nitrogen and oxygen atoms in total. The van der Waals surface area contributed by atoms with Crippen LogP contribution in [0.3, 0.4) is 0 Å². The quantitative estimate of drug-likeness (QED) is 0.664. The second-order valence-corrected chi connectivity index (χ2v) is 5.10. The molecule has 0 aromatic heterocycles. The maximum absolute atomic E-state index is 13.2. The number of non-ortho nitro benzene ring substituents is 1. The van der Waals surface area contributed by atoms with Gasteiger partial charge in [-0.05, 0) is 36.2 Å². The van der Waals surface area contributed by atoms with Crippen LogP contribution in [-0.4, -0.2) is 4.92 Å². The first-order chi connectivity index (χ1) is 9.97. The van der Waals surface area contributed by atoms with Gasteiger partial charge in [-0.1, -0.05) is 23.7 Å². The maximum atomic E-state index is 13.2. The van der Waals surface area contributed by atoms with Gasteiger partial charge in [-0.2, -0.15) is 0 Å². The lowest BCUT2D eigenvalue weighted by atomic mass is 10.1. The topological polar surface area (TPSA) is 55.2 Å². The second kappa shape index (κ2) is 6.65. The van der Waals surface area contributed by atoms with Crippen LogP contribution in [0.15, 0.2) is 42.5 Å². The number of halogens is 2. The molecule has 2 rings (SSSR count). The Morgan fingerprint density at radius 1 is 1.33 bits per heavy atom. The number of benzene rings is 2. The number of hydrogen-bond acceptors (Lipinski definition) is 3. The van der Waals surface area contributed by atoms with E-state index < -0.39 is 4.92 Å². The SMILES string of the molecule is C[C@H](NCc1cc([N+](=O)[O-])ccc1Cl)c1cccc(F)c1. The van der Waals surface area contributed by atoms with Crippen LogP contribution < -0.4 is 5.32 Å². The van der Waals surface area contributed by atoms with Gasteiger partial charge in [-0.3, -0.25) is 10.1 Å². The Morgan fingerprint density at radius 2 is 2.10 bits per heavy atom. The van der Waals surface area contributed by atoms with E-state index in [0.717, 1.165) is 5.56 Å². The largest absolute Gasteiger partial charge is 0.306 e. The van der Waals surface area contributed by atoms with Crippen LogP contribution in [0.25, 0.3) is 0 Å². The van der Waals surface area contributed by atoms with Gasteiger partial charge in [0.25, 0.3) is 5.69 Å². The van der Waals surface area contributed by atoms with Crippen LogP contribution >= 0.6 is 11.6 Å². The molecule has 0 saturated carbocycles. The fourth-order valence-electron chi connectivity index (χ4n) is 1.97. The Bertz CT molecular complexity index is 664. The van der Waals surface area contributed by atoms with Crippen molar-refractivity contribution in [3.8, 4) is 0 Å². The van der Waals surface area contributed by atoms with E-state index in [0.29, 0.717) is 17.1 Å². The van der Waals surface area contributed by atoms with Gasteiger partial charge >= 0.3 is 0 Å². The van der Waals surface area contributed by atoms with Gasteiger partial charge in [0.05, 0.1) is 4.92 Å². The van der Waals surface area contributed by atoms with Gasteiger partial charge in [-0.15, -0.1) is 0 Å². The molecular weight excluding hydrogens is 295 g/mol. The van der Waals surface area contributed by atoms with Crippen LogP contribution in [0.4, 0.5) is 10.1 Å². The third-order valence-corrected chi connectivity index (χ3v) is 3.56. The fraction of sp³-hybridized carbons (Fsp3) is 0.200. The van der Waals surface area contributed by atoms with Crippen LogP contribution in [0, 0.1) is 15.9 Å². The highest BCUT2D eigenvalue weighted by Crippen LogP contribution is 2.23.